The third-order valence-electron chi connectivity index (χ3n) is 3.94. The molecule has 0 spiro atoms. The first kappa shape index (κ1) is 11.8. The molecule has 1 fully saturated rings. The van der Waals surface area contributed by atoms with Crippen molar-refractivity contribution < 1.29 is 0 Å². The number of nitrogens with zero attached hydrogens (tertiary/aromatic N) is 3. The number of anilines is 1. The molecule has 0 radical (unpaired) electrons. The van der Waals surface area contributed by atoms with Crippen LogP contribution in [-0.4, -0.2) is 15.7 Å². The van der Waals surface area contributed by atoms with E-state index in [0.717, 1.165) is 30.5 Å². The van der Waals surface area contributed by atoms with Crippen LogP contribution < -0.4 is 5.32 Å². The number of hydrogen-bond acceptors (Lipinski definition) is 4. The third-order valence-corrected chi connectivity index (χ3v) is 3.94. The fourth-order valence-electron chi connectivity index (χ4n) is 2.25. The normalized spacial score (nSPS) is 17.1. The molecular formula is C13H18N4. The number of aryl methyl sites for hydroxylation is 1. The lowest BCUT2D eigenvalue weighted by Crippen LogP contribution is -2.44. The standard InChI is InChI=1S/C13H18N4/c1-4-13(6-5-7-13)15-12-11(8-14)9(2)10(3)16-17-12/h4-7H2,1-3H3,(H,15,17). The summed E-state index contributed by atoms with van der Waals surface area (Å²) in [5.41, 5.74) is 2.53. The summed E-state index contributed by atoms with van der Waals surface area (Å²) in [7, 11) is 0. The SMILES string of the molecule is CCC1(Nc2nnc(C)c(C)c2C#N)CCC1. The van der Waals surface area contributed by atoms with Crippen molar-refractivity contribution in [3.63, 3.8) is 0 Å². The summed E-state index contributed by atoms with van der Waals surface area (Å²) in [5, 5.41) is 20.9. The van der Waals surface area contributed by atoms with Gasteiger partial charge >= 0.3 is 0 Å². The lowest BCUT2D eigenvalue weighted by Gasteiger charge is -2.42. The summed E-state index contributed by atoms with van der Waals surface area (Å²) in [4.78, 5) is 0. The predicted octanol–water partition coefficient (Wildman–Crippen LogP) is 2.71. The maximum Gasteiger partial charge on any atom is 0.167 e. The second-order valence-electron chi connectivity index (χ2n) is 4.86. The van der Waals surface area contributed by atoms with Crippen LogP contribution in [-0.2, 0) is 0 Å². The van der Waals surface area contributed by atoms with Gasteiger partial charge < -0.3 is 5.32 Å². The van der Waals surface area contributed by atoms with Crippen molar-refractivity contribution in [2.45, 2.75) is 52.0 Å². The average Bonchev–Trinajstić information content (AvgIpc) is 2.28. The fraction of sp³-hybridized carbons (Fsp3) is 0.615. The summed E-state index contributed by atoms with van der Waals surface area (Å²) >= 11 is 0. The summed E-state index contributed by atoms with van der Waals surface area (Å²) in [6.45, 7) is 5.98. The Bertz CT molecular complexity index is 464. The minimum atomic E-state index is 0.141. The molecule has 0 atom stereocenters. The van der Waals surface area contributed by atoms with E-state index in [0.29, 0.717) is 11.4 Å². The molecule has 0 bridgehead atoms. The van der Waals surface area contributed by atoms with Gasteiger partial charge in [0.05, 0.1) is 5.69 Å². The molecule has 1 heterocycles. The van der Waals surface area contributed by atoms with E-state index >= 15 is 0 Å². The molecule has 1 N–H and O–H groups in total. The van der Waals surface area contributed by atoms with Gasteiger partial charge in [0.2, 0.25) is 0 Å². The Labute approximate surface area is 102 Å². The lowest BCUT2D eigenvalue weighted by atomic mass is 9.75. The van der Waals surface area contributed by atoms with Crippen molar-refractivity contribution in [1.82, 2.24) is 10.2 Å². The van der Waals surface area contributed by atoms with Crippen molar-refractivity contribution in [2.24, 2.45) is 0 Å². The molecule has 4 nitrogen and oxygen atoms in total. The van der Waals surface area contributed by atoms with E-state index in [9.17, 15) is 5.26 Å². The van der Waals surface area contributed by atoms with Crippen molar-refractivity contribution in [2.75, 3.05) is 5.32 Å². The van der Waals surface area contributed by atoms with Gasteiger partial charge in [-0.05, 0) is 45.1 Å². The van der Waals surface area contributed by atoms with Crippen molar-refractivity contribution in [1.29, 1.82) is 5.26 Å². The zero-order valence-electron chi connectivity index (χ0n) is 10.7. The number of nitrogens with one attached hydrogen (secondary N) is 1. The molecule has 1 aliphatic carbocycles. The zero-order valence-corrected chi connectivity index (χ0v) is 10.7. The van der Waals surface area contributed by atoms with Gasteiger partial charge in [-0.25, -0.2) is 0 Å². The smallest absolute Gasteiger partial charge is 0.167 e. The van der Waals surface area contributed by atoms with Gasteiger partial charge in [-0.3, -0.25) is 0 Å². The van der Waals surface area contributed by atoms with Gasteiger partial charge in [0.1, 0.15) is 11.6 Å². The van der Waals surface area contributed by atoms with E-state index in [1.54, 1.807) is 0 Å². The molecule has 90 valence electrons. The second kappa shape index (κ2) is 4.33. The first-order valence-electron chi connectivity index (χ1n) is 6.14. The summed E-state index contributed by atoms with van der Waals surface area (Å²) in [6.07, 6.45) is 4.62. The van der Waals surface area contributed by atoms with E-state index < -0.39 is 0 Å². The monoisotopic (exact) mass is 230 g/mol. The van der Waals surface area contributed by atoms with E-state index in [-0.39, 0.29) is 5.54 Å². The van der Waals surface area contributed by atoms with Crippen LogP contribution in [0, 0.1) is 25.2 Å². The highest BCUT2D eigenvalue weighted by atomic mass is 15.2. The minimum Gasteiger partial charge on any atom is -0.362 e. The molecule has 0 unspecified atom stereocenters. The van der Waals surface area contributed by atoms with Gasteiger partial charge in [-0.1, -0.05) is 6.92 Å². The lowest BCUT2D eigenvalue weighted by molar-refractivity contribution is 0.268. The summed E-state index contributed by atoms with van der Waals surface area (Å²) in [6, 6.07) is 2.23. The molecule has 0 aliphatic heterocycles. The highest BCUT2D eigenvalue weighted by Crippen LogP contribution is 2.38. The first-order valence-corrected chi connectivity index (χ1v) is 6.14. The Morgan fingerprint density at radius 2 is 2.06 bits per heavy atom. The van der Waals surface area contributed by atoms with Gasteiger partial charge in [0.25, 0.3) is 0 Å². The summed E-state index contributed by atoms with van der Waals surface area (Å²) < 4.78 is 0. The Hall–Kier alpha value is -1.63. The topological polar surface area (TPSA) is 61.6 Å². The first-order chi connectivity index (χ1) is 8.12. The van der Waals surface area contributed by atoms with Crippen LogP contribution in [0.1, 0.15) is 49.4 Å². The Kier molecular flexibility index (Phi) is 3.01. The molecule has 0 aromatic carbocycles. The van der Waals surface area contributed by atoms with Gasteiger partial charge in [0, 0.05) is 5.54 Å². The van der Waals surface area contributed by atoms with Gasteiger partial charge in [0.15, 0.2) is 5.82 Å². The zero-order chi connectivity index (χ0) is 12.5. The Morgan fingerprint density at radius 1 is 1.35 bits per heavy atom. The molecule has 1 saturated carbocycles. The van der Waals surface area contributed by atoms with E-state index in [1.165, 1.54) is 6.42 Å². The molecule has 17 heavy (non-hydrogen) atoms. The Balaban J connectivity index is 2.33. The van der Waals surface area contributed by atoms with Crippen molar-refractivity contribution >= 4 is 5.82 Å². The van der Waals surface area contributed by atoms with Crippen LogP contribution in [0.2, 0.25) is 0 Å². The summed E-state index contributed by atoms with van der Waals surface area (Å²) in [5.74, 6) is 0.650. The van der Waals surface area contributed by atoms with Crippen LogP contribution in [0.5, 0.6) is 0 Å². The number of aromatic nitrogens is 2. The van der Waals surface area contributed by atoms with E-state index in [2.05, 4.69) is 28.5 Å². The van der Waals surface area contributed by atoms with Gasteiger partial charge in [-0.2, -0.15) is 10.4 Å². The molecule has 0 saturated heterocycles. The number of nitriles is 1. The Morgan fingerprint density at radius 3 is 2.53 bits per heavy atom. The highest BCUT2D eigenvalue weighted by molar-refractivity contribution is 5.57. The van der Waals surface area contributed by atoms with Crippen LogP contribution in [0.3, 0.4) is 0 Å². The van der Waals surface area contributed by atoms with Crippen molar-refractivity contribution in [3.8, 4) is 6.07 Å². The van der Waals surface area contributed by atoms with E-state index in [4.69, 9.17) is 0 Å². The maximum absolute atomic E-state index is 9.23. The third kappa shape index (κ3) is 1.97. The quantitative estimate of drug-likeness (QED) is 0.867. The van der Waals surface area contributed by atoms with Crippen molar-refractivity contribution in [3.05, 3.63) is 16.8 Å². The molecule has 1 aromatic rings. The molecule has 4 heteroatoms. The van der Waals surface area contributed by atoms with Crippen LogP contribution in [0.25, 0.3) is 0 Å². The number of hydrogen-bond donors (Lipinski definition) is 1. The molecule has 1 aromatic heterocycles. The van der Waals surface area contributed by atoms with Crippen LogP contribution in [0.4, 0.5) is 5.82 Å². The average molecular weight is 230 g/mol. The fourth-order valence-corrected chi connectivity index (χ4v) is 2.25. The van der Waals surface area contributed by atoms with E-state index in [1.807, 2.05) is 13.8 Å². The minimum absolute atomic E-state index is 0.141. The highest BCUT2D eigenvalue weighted by Gasteiger charge is 2.36. The molecule has 2 rings (SSSR count). The second-order valence-corrected chi connectivity index (χ2v) is 4.86. The molecule has 1 aliphatic rings. The maximum atomic E-state index is 9.23. The van der Waals surface area contributed by atoms with Crippen LogP contribution >= 0.6 is 0 Å². The van der Waals surface area contributed by atoms with Gasteiger partial charge in [-0.15, -0.1) is 5.10 Å². The predicted molar refractivity (Wildman–Crippen MR) is 66.7 cm³/mol. The molecule has 0 amide bonds. The van der Waals surface area contributed by atoms with Crippen LogP contribution in [0.15, 0.2) is 0 Å². The molecular weight excluding hydrogens is 212 g/mol. The number of rotatable bonds is 3. The largest absolute Gasteiger partial charge is 0.362 e.